The van der Waals surface area contributed by atoms with E-state index in [4.69, 9.17) is 0 Å². The van der Waals surface area contributed by atoms with Crippen LogP contribution < -0.4 is 5.32 Å². The Kier molecular flexibility index (Phi) is 3.57. The standard InChI is InChI=1S/C14H25N3/c1-5-15-12(4)14(7-8-14)10-13-6-9-17(16-13)11(2)3/h6,9,11-12,15H,5,7-8,10H2,1-4H3. The summed E-state index contributed by atoms with van der Waals surface area (Å²) in [6.07, 6.45) is 5.92. The molecule has 1 aliphatic carbocycles. The summed E-state index contributed by atoms with van der Waals surface area (Å²) in [6, 6.07) is 3.25. The average Bonchev–Trinajstić information content (AvgIpc) is 2.89. The van der Waals surface area contributed by atoms with Crippen molar-refractivity contribution in [3.05, 3.63) is 18.0 Å². The van der Waals surface area contributed by atoms with Crippen molar-refractivity contribution in [1.29, 1.82) is 0 Å². The third-order valence-electron chi connectivity index (χ3n) is 4.05. The Morgan fingerprint density at radius 3 is 2.59 bits per heavy atom. The molecule has 0 aliphatic heterocycles. The highest BCUT2D eigenvalue weighted by molar-refractivity contribution is 5.11. The van der Waals surface area contributed by atoms with Crippen molar-refractivity contribution in [2.45, 2.75) is 59.0 Å². The Morgan fingerprint density at radius 2 is 2.12 bits per heavy atom. The van der Waals surface area contributed by atoms with Crippen LogP contribution in [0.5, 0.6) is 0 Å². The summed E-state index contributed by atoms with van der Waals surface area (Å²) in [7, 11) is 0. The molecule has 1 aliphatic rings. The molecule has 0 aromatic carbocycles. The average molecular weight is 235 g/mol. The van der Waals surface area contributed by atoms with Gasteiger partial charge in [0.25, 0.3) is 0 Å². The second-order valence-corrected chi connectivity index (χ2v) is 5.70. The monoisotopic (exact) mass is 235 g/mol. The fraction of sp³-hybridized carbons (Fsp3) is 0.786. The van der Waals surface area contributed by atoms with Crippen molar-refractivity contribution >= 4 is 0 Å². The number of nitrogens with zero attached hydrogens (tertiary/aromatic N) is 2. The fourth-order valence-electron chi connectivity index (χ4n) is 2.57. The molecule has 0 amide bonds. The van der Waals surface area contributed by atoms with Crippen molar-refractivity contribution in [1.82, 2.24) is 15.1 Å². The Hall–Kier alpha value is -0.830. The van der Waals surface area contributed by atoms with Gasteiger partial charge in [0, 0.05) is 18.3 Å². The Labute approximate surface area is 105 Å². The van der Waals surface area contributed by atoms with Crippen LogP contribution in [0.4, 0.5) is 0 Å². The molecule has 96 valence electrons. The van der Waals surface area contributed by atoms with E-state index in [9.17, 15) is 0 Å². The van der Waals surface area contributed by atoms with Gasteiger partial charge in [0.15, 0.2) is 0 Å². The predicted octanol–water partition coefficient (Wildman–Crippen LogP) is 2.78. The lowest BCUT2D eigenvalue weighted by atomic mass is 9.92. The normalized spacial score (nSPS) is 19.6. The van der Waals surface area contributed by atoms with E-state index in [0.29, 0.717) is 17.5 Å². The summed E-state index contributed by atoms with van der Waals surface area (Å²) in [5.41, 5.74) is 1.73. The quantitative estimate of drug-likeness (QED) is 0.821. The molecule has 3 heteroatoms. The molecule has 1 heterocycles. The van der Waals surface area contributed by atoms with E-state index in [1.54, 1.807) is 0 Å². The summed E-state index contributed by atoms with van der Waals surface area (Å²) >= 11 is 0. The molecule has 1 saturated carbocycles. The maximum absolute atomic E-state index is 4.67. The number of nitrogens with one attached hydrogen (secondary N) is 1. The summed E-state index contributed by atoms with van der Waals surface area (Å²) in [6.45, 7) is 9.90. The second kappa shape index (κ2) is 4.81. The van der Waals surface area contributed by atoms with Gasteiger partial charge in [0.05, 0.1) is 5.69 Å². The van der Waals surface area contributed by atoms with Gasteiger partial charge < -0.3 is 5.32 Å². The highest BCUT2D eigenvalue weighted by Crippen LogP contribution is 2.51. The van der Waals surface area contributed by atoms with Gasteiger partial charge in [-0.15, -0.1) is 0 Å². The van der Waals surface area contributed by atoms with Crippen LogP contribution >= 0.6 is 0 Å². The van der Waals surface area contributed by atoms with Crippen LogP contribution in [0.15, 0.2) is 12.3 Å². The Balaban J connectivity index is 2.00. The van der Waals surface area contributed by atoms with E-state index in [0.717, 1.165) is 13.0 Å². The molecule has 1 unspecified atom stereocenters. The molecule has 1 N–H and O–H groups in total. The summed E-state index contributed by atoms with van der Waals surface area (Å²) in [5, 5.41) is 8.23. The molecular weight excluding hydrogens is 210 g/mol. The smallest absolute Gasteiger partial charge is 0.0630 e. The van der Waals surface area contributed by atoms with Crippen LogP contribution in [-0.2, 0) is 6.42 Å². The first-order chi connectivity index (χ1) is 8.07. The maximum atomic E-state index is 4.67. The Bertz CT molecular complexity index is 363. The van der Waals surface area contributed by atoms with Crippen molar-refractivity contribution in [2.75, 3.05) is 6.54 Å². The van der Waals surface area contributed by atoms with Crippen LogP contribution in [0.25, 0.3) is 0 Å². The van der Waals surface area contributed by atoms with Gasteiger partial charge in [-0.05, 0) is 58.1 Å². The van der Waals surface area contributed by atoms with Crippen LogP contribution in [0.1, 0.15) is 52.3 Å². The molecule has 2 rings (SSSR count). The maximum Gasteiger partial charge on any atom is 0.0630 e. The van der Waals surface area contributed by atoms with E-state index >= 15 is 0 Å². The molecule has 1 atom stereocenters. The van der Waals surface area contributed by atoms with Crippen molar-refractivity contribution in [2.24, 2.45) is 5.41 Å². The van der Waals surface area contributed by atoms with Gasteiger partial charge in [0.2, 0.25) is 0 Å². The van der Waals surface area contributed by atoms with Crippen molar-refractivity contribution < 1.29 is 0 Å². The van der Waals surface area contributed by atoms with Gasteiger partial charge in [0.1, 0.15) is 0 Å². The first-order valence-electron chi connectivity index (χ1n) is 6.85. The predicted molar refractivity (Wildman–Crippen MR) is 71.1 cm³/mol. The fourth-order valence-corrected chi connectivity index (χ4v) is 2.57. The first-order valence-corrected chi connectivity index (χ1v) is 6.85. The molecule has 1 aromatic heterocycles. The largest absolute Gasteiger partial charge is 0.314 e. The molecule has 0 spiro atoms. The minimum atomic E-state index is 0.463. The highest BCUT2D eigenvalue weighted by atomic mass is 15.3. The topological polar surface area (TPSA) is 29.9 Å². The van der Waals surface area contributed by atoms with Crippen LogP contribution in [0.3, 0.4) is 0 Å². The molecule has 1 fully saturated rings. The van der Waals surface area contributed by atoms with Crippen LogP contribution in [0, 0.1) is 5.41 Å². The third kappa shape index (κ3) is 2.71. The minimum Gasteiger partial charge on any atom is -0.314 e. The zero-order valence-electron chi connectivity index (χ0n) is 11.5. The van der Waals surface area contributed by atoms with Gasteiger partial charge in [-0.2, -0.15) is 5.10 Å². The van der Waals surface area contributed by atoms with E-state index in [2.05, 4.69) is 55.1 Å². The zero-order chi connectivity index (χ0) is 12.5. The lowest BCUT2D eigenvalue weighted by molar-refractivity contribution is 0.351. The molecule has 0 saturated heterocycles. The lowest BCUT2D eigenvalue weighted by Crippen LogP contribution is -2.36. The summed E-state index contributed by atoms with van der Waals surface area (Å²) in [4.78, 5) is 0. The number of hydrogen-bond donors (Lipinski definition) is 1. The number of hydrogen-bond acceptors (Lipinski definition) is 2. The van der Waals surface area contributed by atoms with E-state index in [-0.39, 0.29) is 0 Å². The highest BCUT2D eigenvalue weighted by Gasteiger charge is 2.47. The Morgan fingerprint density at radius 1 is 1.41 bits per heavy atom. The van der Waals surface area contributed by atoms with Gasteiger partial charge in [-0.1, -0.05) is 6.92 Å². The lowest BCUT2D eigenvalue weighted by Gasteiger charge is -2.23. The van der Waals surface area contributed by atoms with Gasteiger partial charge >= 0.3 is 0 Å². The van der Waals surface area contributed by atoms with E-state index in [1.807, 2.05) is 0 Å². The third-order valence-corrected chi connectivity index (χ3v) is 4.05. The molecule has 1 aromatic rings. The van der Waals surface area contributed by atoms with E-state index < -0.39 is 0 Å². The summed E-state index contributed by atoms with van der Waals surface area (Å²) in [5.74, 6) is 0. The summed E-state index contributed by atoms with van der Waals surface area (Å²) < 4.78 is 2.06. The SMILES string of the molecule is CCNC(C)C1(Cc2ccn(C(C)C)n2)CC1. The second-order valence-electron chi connectivity index (χ2n) is 5.70. The zero-order valence-corrected chi connectivity index (χ0v) is 11.5. The number of rotatable bonds is 6. The van der Waals surface area contributed by atoms with Crippen molar-refractivity contribution in [3.8, 4) is 0 Å². The number of aromatic nitrogens is 2. The van der Waals surface area contributed by atoms with Gasteiger partial charge in [-0.3, -0.25) is 4.68 Å². The van der Waals surface area contributed by atoms with Crippen molar-refractivity contribution in [3.63, 3.8) is 0 Å². The van der Waals surface area contributed by atoms with Crippen LogP contribution in [-0.4, -0.2) is 22.4 Å². The first kappa shape index (κ1) is 12.6. The molecule has 0 bridgehead atoms. The molecule has 17 heavy (non-hydrogen) atoms. The minimum absolute atomic E-state index is 0.463. The molecular formula is C14H25N3. The van der Waals surface area contributed by atoms with Crippen LogP contribution in [0.2, 0.25) is 0 Å². The molecule has 0 radical (unpaired) electrons. The van der Waals surface area contributed by atoms with E-state index in [1.165, 1.54) is 18.5 Å². The van der Waals surface area contributed by atoms with Gasteiger partial charge in [-0.25, -0.2) is 0 Å². The molecule has 3 nitrogen and oxygen atoms in total.